The molecular formula is C46H28N4O. The highest BCUT2D eigenvalue weighted by molar-refractivity contribution is 6.13. The number of nitrogens with zero attached hydrogens (tertiary/aromatic N) is 4. The number of hydrogen-bond acceptors (Lipinski definition) is 5. The third kappa shape index (κ3) is 5.71. The average molecular weight is 653 g/mol. The summed E-state index contributed by atoms with van der Waals surface area (Å²) in [7, 11) is 0. The van der Waals surface area contributed by atoms with Gasteiger partial charge in [-0.2, -0.15) is 5.26 Å². The topological polar surface area (TPSA) is 75.6 Å². The van der Waals surface area contributed by atoms with Gasteiger partial charge in [-0.05, 0) is 63.7 Å². The number of fused-ring (bicyclic) bond motifs is 3. The Morgan fingerprint density at radius 1 is 0.392 bits per heavy atom. The summed E-state index contributed by atoms with van der Waals surface area (Å²) in [4.78, 5) is 15.4. The van der Waals surface area contributed by atoms with Crippen LogP contribution in [0.3, 0.4) is 0 Å². The van der Waals surface area contributed by atoms with E-state index in [9.17, 15) is 5.26 Å². The minimum Gasteiger partial charge on any atom is -0.456 e. The molecule has 0 spiro atoms. The van der Waals surface area contributed by atoms with Crippen LogP contribution in [0.1, 0.15) is 5.56 Å². The van der Waals surface area contributed by atoms with Gasteiger partial charge in [0.2, 0.25) is 0 Å². The molecular weight excluding hydrogens is 625 g/mol. The molecule has 0 atom stereocenters. The summed E-state index contributed by atoms with van der Waals surface area (Å²) in [6, 6.07) is 59.3. The van der Waals surface area contributed by atoms with Crippen LogP contribution in [0.4, 0.5) is 0 Å². The first-order valence-electron chi connectivity index (χ1n) is 16.7. The van der Waals surface area contributed by atoms with Crippen molar-refractivity contribution in [3.8, 4) is 73.6 Å². The lowest BCUT2D eigenvalue weighted by Crippen LogP contribution is -2.01. The Kier molecular flexibility index (Phi) is 7.46. The van der Waals surface area contributed by atoms with Crippen molar-refractivity contribution >= 4 is 21.9 Å². The molecule has 5 nitrogen and oxygen atoms in total. The highest BCUT2D eigenvalue weighted by atomic mass is 16.3. The third-order valence-corrected chi connectivity index (χ3v) is 9.20. The Labute approximate surface area is 294 Å². The standard InChI is InChI=1S/C46H28N4O/c47-29-30-15-17-35(18-16-30)38-27-40(43-39-13-7-8-14-41(39)51-42(43)28-38)46-49-44(36-23-19-33(20-24-36)31-9-3-1-4-10-31)48-45(50-46)37-25-21-34(22-26-37)32-11-5-2-6-12-32/h1-28H. The van der Waals surface area contributed by atoms with Crippen molar-refractivity contribution in [2.75, 3.05) is 0 Å². The van der Waals surface area contributed by atoms with E-state index in [1.54, 1.807) is 0 Å². The zero-order valence-corrected chi connectivity index (χ0v) is 27.4. The molecule has 0 bridgehead atoms. The van der Waals surface area contributed by atoms with E-state index >= 15 is 0 Å². The molecule has 2 heterocycles. The molecule has 0 saturated heterocycles. The summed E-state index contributed by atoms with van der Waals surface area (Å²) in [5.41, 5.74) is 11.2. The smallest absolute Gasteiger partial charge is 0.164 e. The fraction of sp³-hybridized carbons (Fsp3) is 0. The second-order valence-electron chi connectivity index (χ2n) is 12.4. The van der Waals surface area contributed by atoms with E-state index in [0.29, 0.717) is 23.0 Å². The van der Waals surface area contributed by atoms with Crippen molar-refractivity contribution in [1.29, 1.82) is 5.26 Å². The Bertz CT molecular complexity index is 2610. The molecule has 0 unspecified atom stereocenters. The zero-order valence-electron chi connectivity index (χ0n) is 27.4. The minimum atomic E-state index is 0.543. The van der Waals surface area contributed by atoms with E-state index in [1.807, 2.05) is 84.9 Å². The second-order valence-corrected chi connectivity index (χ2v) is 12.4. The van der Waals surface area contributed by atoms with Crippen molar-refractivity contribution in [3.05, 3.63) is 175 Å². The monoisotopic (exact) mass is 652 g/mol. The maximum Gasteiger partial charge on any atom is 0.164 e. The molecule has 5 heteroatoms. The number of para-hydroxylation sites is 1. The minimum absolute atomic E-state index is 0.543. The zero-order chi connectivity index (χ0) is 34.1. The van der Waals surface area contributed by atoms with Crippen LogP contribution in [-0.2, 0) is 0 Å². The SMILES string of the molecule is N#Cc1ccc(-c2cc(-c3nc(-c4ccc(-c5ccccc5)cc4)nc(-c4ccc(-c5ccccc5)cc4)n3)c3c(c2)oc2ccccc23)cc1. The largest absolute Gasteiger partial charge is 0.456 e. The number of rotatable bonds is 6. The van der Waals surface area contributed by atoms with Crippen LogP contribution >= 0.6 is 0 Å². The maximum absolute atomic E-state index is 9.41. The molecule has 2 aromatic heterocycles. The van der Waals surface area contributed by atoms with Gasteiger partial charge >= 0.3 is 0 Å². The van der Waals surface area contributed by atoms with Gasteiger partial charge in [-0.1, -0.05) is 140 Å². The van der Waals surface area contributed by atoms with Crippen molar-refractivity contribution < 1.29 is 4.42 Å². The first-order valence-corrected chi connectivity index (χ1v) is 16.7. The van der Waals surface area contributed by atoms with Crippen LogP contribution in [0.2, 0.25) is 0 Å². The molecule has 0 N–H and O–H groups in total. The van der Waals surface area contributed by atoms with Crippen molar-refractivity contribution in [2.24, 2.45) is 0 Å². The van der Waals surface area contributed by atoms with Gasteiger partial charge in [-0.3, -0.25) is 0 Å². The molecule has 51 heavy (non-hydrogen) atoms. The lowest BCUT2D eigenvalue weighted by atomic mass is 9.97. The normalized spacial score (nSPS) is 11.1. The highest BCUT2D eigenvalue weighted by Crippen LogP contribution is 2.40. The first-order chi connectivity index (χ1) is 25.2. The van der Waals surface area contributed by atoms with Crippen LogP contribution in [0.15, 0.2) is 174 Å². The van der Waals surface area contributed by atoms with E-state index in [0.717, 1.165) is 72.0 Å². The molecule has 238 valence electrons. The average Bonchev–Trinajstić information content (AvgIpc) is 3.60. The molecule has 7 aromatic carbocycles. The van der Waals surface area contributed by atoms with Gasteiger partial charge in [-0.15, -0.1) is 0 Å². The summed E-state index contributed by atoms with van der Waals surface area (Å²) in [5.74, 6) is 1.69. The lowest BCUT2D eigenvalue weighted by molar-refractivity contribution is 0.669. The van der Waals surface area contributed by atoms with E-state index in [4.69, 9.17) is 19.4 Å². The summed E-state index contributed by atoms with van der Waals surface area (Å²) in [5, 5.41) is 11.3. The van der Waals surface area contributed by atoms with Gasteiger partial charge in [0, 0.05) is 27.5 Å². The molecule has 0 saturated carbocycles. The maximum atomic E-state index is 9.41. The van der Waals surface area contributed by atoms with E-state index < -0.39 is 0 Å². The molecule has 0 fully saturated rings. The van der Waals surface area contributed by atoms with E-state index in [1.165, 1.54) is 0 Å². The van der Waals surface area contributed by atoms with Gasteiger partial charge in [-0.25, -0.2) is 15.0 Å². The number of aromatic nitrogens is 3. The number of benzene rings is 7. The summed E-state index contributed by atoms with van der Waals surface area (Å²) in [6.07, 6.45) is 0. The van der Waals surface area contributed by atoms with Gasteiger partial charge in [0.15, 0.2) is 17.5 Å². The molecule has 9 rings (SSSR count). The predicted molar refractivity (Wildman–Crippen MR) is 204 cm³/mol. The number of hydrogen-bond donors (Lipinski definition) is 0. The number of furan rings is 1. The molecule has 9 aromatic rings. The van der Waals surface area contributed by atoms with Crippen LogP contribution in [0, 0.1) is 11.3 Å². The van der Waals surface area contributed by atoms with Crippen LogP contribution in [0.5, 0.6) is 0 Å². The van der Waals surface area contributed by atoms with Gasteiger partial charge in [0.1, 0.15) is 11.2 Å². The molecule has 0 radical (unpaired) electrons. The van der Waals surface area contributed by atoms with Gasteiger partial charge < -0.3 is 4.42 Å². The lowest BCUT2D eigenvalue weighted by Gasteiger charge is -2.12. The first kappa shape index (κ1) is 29.9. The summed E-state index contributed by atoms with van der Waals surface area (Å²) >= 11 is 0. The van der Waals surface area contributed by atoms with Crippen LogP contribution in [0.25, 0.3) is 89.5 Å². The Balaban J connectivity index is 1.25. The third-order valence-electron chi connectivity index (χ3n) is 9.20. The molecule has 0 aliphatic carbocycles. The molecule has 0 aliphatic heterocycles. The summed E-state index contributed by atoms with van der Waals surface area (Å²) < 4.78 is 6.44. The summed E-state index contributed by atoms with van der Waals surface area (Å²) in [6.45, 7) is 0. The molecule has 0 amide bonds. The quantitative estimate of drug-likeness (QED) is 0.179. The van der Waals surface area contributed by atoms with E-state index in [-0.39, 0.29) is 0 Å². The van der Waals surface area contributed by atoms with Gasteiger partial charge in [0.05, 0.1) is 11.6 Å². The van der Waals surface area contributed by atoms with Crippen LogP contribution in [-0.4, -0.2) is 15.0 Å². The second kappa shape index (κ2) is 12.7. The van der Waals surface area contributed by atoms with Crippen molar-refractivity contribution in [1.82, 2.24) is 15.0 Å². The fourth-order valence-electron chi connectivity index (χ4n) is 6.57. The highest BCUT2D eigenvalue weighted by Gasteiger charge is 2.20. The Morgan fingerprint density at radius 2 is 0.843 bits per heavy atom. The van der Waals surface area contributed by atoms with E-state index in [2.05, 4.69) is 91.0 Å². The fourth-order valence-corrected chi connectivity index (χ4v) is 6.57. The van der Waals surface area contributed by atoms with Crippen molar-refractivity contribution in [3.63, 3.8) is 0 Å². The molecule has 0 aliphatic rings. The van der Waals surface area contributed by atoms with Crippen molar-refractivity contribution in [2.45, 2.75) is 0 Å². The Hall–Kier alpha value is -7.16. The number of nitriles is 1. The van der Waals surface area contributed by atoms with Gasteiger partial charge in [0.25, 0.3) is 0 Å². The Morgan fingerprint density at radius 3 is 1.41 bits per heavy atom. The predicted octanol–water partition coefficient (Wildman–Crippen LogP) is 11.6. The van der Waals surface area contributed by atoms with Crippen LogP contribution < -0.4 is 0 Å².